The van der Waals surface area contributed by atoms with E-state index < -0.39 is 0 Å². The van der Waals surface area contributed by atoms with Crippen molar-refractivity contribution in [2.75, 3.05) is 19.6 Å². The highest BCUT2D eigenvalue weighted by molar-refractivity contribution is 5.78. The predicted molar refractivity (Wildman–Crippen MR) is 72.6 cm³/mol. The van der Waals surface area contributed by atoms with Gasteiger partial charge in [0.1, 0.15) is 5.82 Å². The number of aromatic nitrogens is 3. The summed E-state index contributed by atoms with van der Waals surface area (Å²) in [5, 5.41) is 9.81. The van der Waals surface area contributed by atoms with Gasteiger partial charge in [-0.05, 0) is 39.8 Å². The Kier molecular flexibility index (Phi) is 4.90. The number of rotatable bonds is 4. The number of nitrogens with zero attached hydrogens (tertiary/aromatic N) is 3. The van der Waals surface area contributed by atoms with Gasteiger partial charge in [0, 0.05) is 0 Å². The van der Waals surface area contributed by atoms with E-state index in [0.29, 0.717) is 12.4 Å². The molecular formula is C13H23N5O. The highest BCUT2D eigenvalue weighted by atomic mass is 16.2. The number of carbonyl (C=O) groups is 1. The lowest BCUT2D eigenvalue weighted by molar-refractivity contribution is -0.122. The second-order valence-corrected chi connectivity index (χ2v) is 5.26. The normalized spacial score (nSPS) is 18.8. The van der Waals surface area contributed by atoms with Crippen molar-refractivity contribution in [3.63, 3.8) is 0 Å². The summed E-state index contributed by atoms with van der Waals surface area (Å²) in [6.07, 6.45) is 4.96. The molecule has 0 radical (unpaired) electrons. The number of aromatic amines is 1. The van der Waals surface area contributed by atoms with Crippen LogP contribution in [-0.2, 0) is 4.79 Å². The third-order valence-electron chi connectivity index (χ3n) is 3.45. The van der Waals surface area contributed by atoms with E-state index in [-0.39, 0.29) is 11.9 Å². The summed E-state index contributed by atoms with van der Waals surface area (Å²) in [6.45, 7) is 6.29. The quantitative estimate of drug-likeness (QED) is 0.857. The van der Waals surface area contributed by atoms with Gasteiger partial charge < -0.3 is 5.32 Å². The van der Waals surface area contributed by atoms with Crippen LogP contribution in [0.1, 0.15) is 50.3 Å². The number of H-pyrrole nitrogens is 1. The molecule has 2 rings (SSSR count). The predicted octanol–water partition coefficient (Wildman–Crippen LogP) is 1.17. The van der Waals surface area contributed by atoms with E-state index in [1.807, 2.05) is 13.8 Å². The average molecular weight is 265 g/mol. The summed E-state index contributed by atoms with van der Waals surface area (Å²) < 4.78 is 0. The Balaban J connectivity index is 1.80. The van der Waals surface area contributed by atoms with Crippen molar-refractivity contribution in [2.45, 2.75) is 45.6 Å². The molecule has 1 saturated heterocycles. The zero-order valence-corrected chi connectivity index (χ0v) is 11.8. The number of aryl methyl sites for hydroxylation is 1. The topological polar surface area (TPSA) is 73.9 Å². The van der Waals surface area contributed by atoms with Gasteiger partial charge in [-0.2, -0.15) is 5.10 Å². The van der Waals surface area contributed by atoms with Crippen molar-refractivity contribution < 1.29 is 4.79 Å². The first kappa shape index (κ1) is 14.0. The number of hydrogen-bond acceptors (Lipinski definition) is 4. The van der Waals surface area contributed by atoms with E-state index in [9.17, 15) is 4.79 Å². The summed E-state index contributed by atoms with van der Waals surface area (Å²) in [6, 6.07) is -0.149. The minimum atomic E-state index is -0.149. The lowest BCUT2D eigenvalue weighted by Gasteiger charge is -2.20. The number of carbonyl (C=O) groups excluding carboxylic acids is 1. The van der Waals surface area contributed by atoms with Gasteiger partial charge >= 0.3 is 0 Å². The van der Waals surface area contributed by atoms with E-state index in [1.54, 1.807) is 0 Å². The van der Waals surface area contributed by atoms with Gasteiger partial charge in [-0.1, -0.05) is 12.8 Å². The number of amides is 1. The molecule has 6 heteroatoms. The molecule has 1 aromatic rings. The smallest absolute Gasteiger partial charge is 0.234 e. The monoisotopic (exact) mass is 265 g/mol. The van der Waals surface area contributed by atoms with Crippen LogP contribution in [0.15, 0.2) is 0 Å². The lowest BCUT2D eigenvalue weighted by Crippen LogP contribution is -2.39. The molecule has 2 heterocycles. The fraction of sp³-hybridized carbons (Fsp3) is 0.769. The molecule has 0 spiro atoms. The molecule has 0 aliphatic carbocycles. The molecular weight excluding hydrogens is 242 g/mol. The zero-order chi connectivity index (χ0) is 13.7. The lowest BCUT2D eigenvalue weighted by atomic mass is 10.2. The minimum Gasteiger partial charge on any atom is -0.345 e. The summed E-state index contributed by atoms with van der Waals surface area (Å²) in [5.41, 5.74) is 0. The Labute approximate surface area is 114 Å². The van der Waals surface area contributed by atoms with E-state index >= 15 is 0 Å². The van der Waals surface area contributed by atoms with Crippen LogP contribution in [-0.4, -0.2) is 45.6 Å². The molecule has 2 N–H and O–H groups in total. The first-order valence-electron chi connectivity index (χ1n) is 7.06. The van der Waals surface area contributed by atoms with Crippen LogP contribution >= 0.6 is 0 Å². The van der Waals surface area contributed by atoms with Gasteiger partial charge in [-0.3, -0.25) is 14.8 Å². The first-order chi connectivity index (χ1) is 9.15. The Hall–Kier alpha value is -1.43. The molecule has 0 aromatic carbocycles. The second kappa shape index (κ2) is 6.65. The Morgan fingerprint density at radius 1 is 1.37 bits per heavy atom. The highest BCUT2D eigenvalue weighted by Crippen LogP contribution is 2.10. The van der Waals surface area contributed by atoms with Gasteiger partial charge in [-0.25, -0.2) is 4.98 Å². The maximum absolute atomic E-state index is 12.0. The van der Waals surface area contributed by atoms with Crippen LogP contribution in [0.4, 0.5) is 0 Å². The molecule has 6 nitrogen and oxygen atoms in total. The fourth-order valence-electron chi connectivity index (χ4n) is 2.40. The Morgan fingerprint density at radius 3 is 2.63 bits per heavy atom. The highest BCUT2D eigenvalue weighted by Gasteiger charge is 2.17. The summed E-state index contributed by atoms with van der Waals surface area (Å²) >= 11 is 0. The third kappa shape index (κ3) is 4.31. The molecule has 106 valence electrons. The minimum absolute atomic E-state index is 0.0526. The Morgan fingerprint density at radius 2 is 2.05 bits per heavy atom. The SMILES string of the molecule is Cc1nc([C@@H](C)NC(=O)CN2CCCCCC2)n[nH]1. The summed E-state index contributed by atoms with van der Waals surface area (Å²) in [4.78, 5) is 18.5. The summed E-state index contributed by atoms with van der Waals surface area (Å²) in [7, 11) is 0. The van der Waals surface area contributed by atoms with Crippen molar-refractivity contribution in [1.29, 1.82) is 0 Å². The van der Waals surface area contributed by atoms with E-state index in [0.717, 1.165) is 18.9 Å². The van der Waals surface area contributed by atoms with Crippen molar-refractivity contribution in [2.24, 2.45) is 0 Å². The third-order valence-corrected chi connectivity index (χ3v) is 3.45. The second-order valence-electron chi connectivity index (χ2n) is 5.26. The van der Waals surface area contributed by atoms with E-state index in [2.05, 4.69) is 25.4 Å². The van der Waals surface area contributed by atoms with Crippen LogP contribution in [0.25, 0.3) is 0 Å². The zero-order valence-electron chi connectivity index (χ0n) is 11.8. The molecule has 1 amide bonds. The van der Waals surface area contributed by atoms with Crippen LogP contribution in [0.5, 0.6) is 0 Å². The van der Waals surface area contributed by atoms with Gasteiger partial charge in [0.05, 0.1) is 12.6 Å². The molecule has 1 atom stereocenters. The van der Waals surface area contributed by atoms with Crippen molar-refractivity contribution in [1.82, 2.24) is 25.4 Å². The Bertz CT molecular complexity index is 409. The van der Waals surface area contributed by atoms with Crippen molar-refractivity contribution >= 4 is 5.91 Å². The van der Waals surface area contributed by atoms with E-state index in [1.165, 1.54) is 25.7 Å². The average Bonchev–Trinajstić information content (AvgIpc) is 2.64. The maximum Gasteiger partial charge on any atom is 0.234 e. The van der Waals surface area contributed by atoms with Gasteiger partial charge in [0.2, 0.25) is 5.91 Å². The van der Waals surface area contributed by atoms with Crippen LogP contribution < -0.4 is 5.32 Å². The van der Waals surface area contributed by atoms with Gasteiger partial charge in [0.15, 0.2) is 5.82 Å². The number of hydrogen-bond donors (Lipinski definition) is 2. The first-order valence-corrected chi connectivity index (χ1v) is 7.06. The molecule has 1 aliphatic heterocycles. The molecule has 1 aromatic heterocycles. The van der Waals surface area contributed by atoms with Gasteiger partial charge in [0.25, 0.3) is 0 Å². The summed E-state index contributed by atoms with van der Waals surface area (Å²) in [5.74, 6) is 1.46. The van der Waals surface area contributed by atoms with Gasteiger partial charge in [-0.15, -0.1) is 0 Å². The molecule has 1 aliphatic rings. The van der Waals surface area contributed by atoms with Crippen molar-refractivity contribution in [3.05, 3.63) is 11.6 Å². The number of nitrogens with one attached hydrogen (secondary N) is 2. The largest absolute Gasteiger partial charge is 0.345 e. The molecule has 0 saturated carbocycles. The maximum atomic E-state index is 12.0. The number of likely N-dealkylation sites (tertiary alicyclic amines) is 1. The van der Waals surface area contributed by atoms with E-state index in [4.69, 9.17) is 0 Å². The fourth-order valence-corrected chi connectivity index (χ4v) is 2.40. The molecule has 0 unspecified atom stereocenters. The van der Waals surface area contributed by atoms with Crippen LogP contribution in [0, 0.1) is 6.92 Å². The van der Waals surface area contributed by atoms with Crippen LogP contribution in [0.3, 0.4) is 0 Å². The van der Waals surface area contributed by atoms with Crippen LogP contribution in [0.2, 0.25) is 0 Å². The molecule has 19 heavy (non-hydrogen) atoms. The standard InChI is InChI=1S/C13H23N5O/c1-10(13-15-11(2)16-17-13)14-12(19)9-18-7-5-3-4-6-8-18/h10H,3-9H2,1-2H3,(H,14,19)(H,15,16,17)/t10-/m1/s1. The molecule has 0 bridgehead atoms. The molecule has 1 fully saturated rings. The van der Waals surface area contributed by atoms with Crippen molar-refractivity contribution in [3.8, 4) is 0 Å².